The van der Waals surface area contributed by atoms with Crippen LogP contribution in [0.3, 0.4) is 0 Å². The van der Waals surface area contributed by atoms with Gasteiger partial charge in [0.05, 0.1) is 9.82 Å². The van der Waals surface area contributed by atoms with Crippen LogP contribution in [0.2, 0.25) is 0 Å². The highest BCUT2D eigenvalue weighted by molar-refractivity contribution is 7.89. The molecule has 21 heavy (non-hydrogen) atoms. The molecule has 8 heteroatoms. The number of nitrogens with two attached hydrogens (primary N) is 1. The summed E-state index contributed by atoms with van der Waals surface area (Å²) in [5.41, 5.74) is 6.17. The van der Waals surface area contributed by atoms with Gasteiger partial charge in [-0.2, -0.15) is 0 Å². The lowest BCUT2D eigenvalue weighted by atomic mass is 9.82. The van der Waals surface area contributed by atoms with E-state index in [-0.39, 0.29) is 28.5 Å². The van der Waals surface area contributed by atoms with E-state index in [1.165, 1.54) is 19.2 Å². The third-order valence-electron chi connectivity index (χ3n) is 3.42. The maximum atomic E-state index is 11.8. The smallest absolute Gasteiger partial charge is 0.274 e. The van der Waals surface area contributed by atoms with E-state index in [0.717, 1.165) is 6.07 Å². The van der Waals surface area contributed by atoms with E-state index in [0.29, 0.717) is 5.56 Å². The van der Waals surface area contributed by atoms with Crippen molar-refractivity contribution in [3.05, 3.63) is 33.9 Å². The summed E-state index contributed by atoms with van der Waals surface area (Å²) in [6.45, 7) is 5.64. The second kappa shape index (κ2) is 6.50. The molecule has 1 aromatic carbocycles. The molecule has 0 aromatic heterocycles. The maximum absolute atomic E-state index is 11.8. The van der Waals surface area contributed by atoms with Gasteiger partial charge in [0, 0.05) is 23.6 Å². The maximum Gasteiger partial charge on any atom is 0.274 e. The number of hydrogen-bond acceptors (Lipinski definition) is 5. The molecule has 0 radical (unpaired) electrons. The molecule has 0 spiro atoms. The highest BCUT2D eigenvalue weighted by Gasteiger charge is 2.29. The summed E-state index contributed by atoms with van der Waals surface area (Å²) < 4.78 is 25.7. The number of sulfonamides is 1. The highest BCUT2D eigenvalue weighted by Crippen LogP contribution is 2.35. The molecule has 0 amide bonds. The van der Waals surface area contributed by atoms with Gasteiger partial charge in [0.1, 0.15) is 0 Å². The Hall–Kier alpha value is -1.51. The molecule has 0 saturated heterocycles. The van der Waals surface area contributed by atoms with Crippen LogP contribution >= 0.6 is 0 Å². The first-order valence-electron chi connectivity index (χ1n) is 6.59. The van der Waals surface area contributed by atoms with Gasteiger partial charge in [-0.05, 0) is 26.0 Å². The van der Waals surface area contributed by atoms with Gasteiger partial charge in [0.2, 0.25) is 10.0 Å². The third-order valence-corrected chi connectivity index (χ3v) is 4.83. The van der Waals surface area contributed by atoms with Gasteiger partial charge >= 0.3 is 0 Å². The minimum atomic E-state index is -3.72. The van der Waals surface area contributed by atoms with Crippen molar-refractivity contribution in [2.45, 2.75) is 37.6 Å². The number of nitrogens with one attached hydrogen (secondary N) is 1. The van der Waals surface area contributed by atoms with Gasteiger partial charge in [-0.1, -0.05) is 19.9 Å². The number of nitro benzene ring substituents is 1. The fourth-order valence-corrected chi connectivity index (χ4v) is 3.25. The second-order valence-electron chi connectivity index (χ2n) is 5.31. The molecule has 2 atom stereocenters. The average Bonchev–Trinajstić information content (AvgIpc) is 2.37. The largest absolute Gasteiger partial charge is 0.327 e. The predicted molar refractivity (Wildman–Crippen MR) is 80.6 cm³/mol. The van der Waals surface area contributed by atoms with Crippen LogP contribution in [0.25, 0.3) is 0 Å². The number of rotatable bonds is 6. The van der Waals surface area contributed by atoms with Crippen molar-refractivity contribution < 1.29 is 13.3 Å². The standard InChI is InChI=1S/C13H21N3O4S/c1-8(2)13(9(3)14)11-6-5-10(21(19,20)15-4)7-12(11)16(17)18/h5-9,13,15H,14H2,1-4H3. The average molecular weight is 315 g/mol. The Morgan fingerprint density at radius 3 is 2.24 bits per heavy atom. The molecule has 2 unspecified atom stereocenters. The normalized spacial score (nSPS) is 15.0. The topological polar surface area (TPSA) is 115 Å². The lowest BCUT2D eigenvalue weighted by Gasteiger charge is -2.25. The van der Waals surface area contributed by atoms with Crippen molar-refractivity contribution in [3.63, 3.8) is 0 Å². The van der Waals surface area contributed by atoms with Crippen LogP contribution in [0.15, 0.2) is 23.1 Å². The molecule has 7 nitrogen and oxygen atoms in total. The first-order valence-corrected chi connectivity index (χ1v) is 8.07. The van der Waals surface area contributed by atoms with E-state index in [9.17, 15) is 18.5 Å². The van der Waals surface area contributed by atoms with Gasteiger partial charge in [-0.25, -0.2) is 13.1 Å². The van der Waals surface area contributed by atoms with Gasteiger partial charge < -0.3 is 5.73 Å². The van der Waals surface area contributed by atoms with E-state index in [4.69, 9.17) is 5.73 Å². The molecule has 0 saturated carbocycles. The van der Waals surface area contributed by atoms with Crippen molar-refractivity contribution in [3.8, 4) is 0 Å². The summed E-state index contributed by atoms with van der Waals surface area (Å²) in [7, 11) is -2.46. The molecule has 0 bridgehead atoms. The van der Waals surface area contributed by atoms with Crippen LogP contribution in [0, 0.1) is 16.0 Å². The molecule has 1 aromatic rings. The van der Waals surface area contributed by atoms with E-state index in [1.807, 2.05) is 13.8 Å². The van der Waals surface area contributed by atoms with Crippen molar-refractivity contribution in [1.29, 1.82) is 0 Å². The van der Waals surface area contributed by atoms with Crippen LogP contribution in [-0.2, 0) is 10.0 Å². The lowest BCUT2D eigenvalue weighted by molar-refractivity contribution is -0.386. The Labute approximate surface area is 124 Å². The van der Waals surface area contributed by atoms with Crippen molar-refractivity contribution in [2.24, 2.45) is 11.7 Å². The van der Waals surface area contributed by atoms with E-state index < -0.39 is 14.9 Å². The fraction of sp³-hybridized carbons (Fsp3) is 0.538. The Balaban J connectivity index is 3.52. The molecule has 3 N–H and O–H groups in total. The van der Waals surface area contributed by atoms with Crippen LogP contribution in [0.4, 0.5) is 5.69 Å². The zero-order chi connectivity index (χ0) is 16.4. The first kappa shape index (κ1) is 17.5. The van der Waals surface area contributed by atoms with Crippen molar-refractivity contribution >= 4 is 15.7 Å². The molecule has 0 aliphatic carbocycles. The van der Waals surface area contributed by atoms with Crippen LogP contribution in [-0.4, -0.2) is 26.4 Å². The van der Waals surface area contributed by atoms with Gasteiger partial charge in [-0.15, -0.1) is 0 Å². The summed E-state index contributed by atoms with van der Waals surface area (Å²) in [5, 5.41) is 11.3. The Bertz CT molecular complexity index is 618. The molecule has 0 heterocycles. The summed E-state index contributed by atoms with van der Waals surface area (Å²) >= 11 is 0. The quantitative estimate of drug-likeness (QED) is 0.611. The number of nitrogens with zero attached hydrogens (tertiary/aromatic N) is 1. The van der Waals surface area contributed by atoms with E-state index in [1.54, 1.807) is 6.92 Å². The SMILES string of the molecule is CNS(=O)(=O)c1ccc(C(C(C)C)C(C)N)c([N+](=O)[O-])c1. The zero-order valence-corrected chi connectivity index (χ0v) is 13.3. The molecule has 1 rings (SSSR count). The van der Waals surface area contributed by atoms with Gasteiger partial charge in [-0.3, -0.25) is 10.1 Å². The number of benzene rings is 1. The summed E-state index contributed by atoms with van der Waals surface area (Å²) in [4.78, 5) is 10.6. The minimum Gasteiger partial charge on any atom is -0.327 e. The molecule has 118 valence electrons. The molecule has 0 fully saturated rings. The minimum absolute atomic E-state index is 0.0930. The molecular formula is C13H21N3O4S. The Morgan fingerprint density at radius 2 is 1.86 bits per heavy atom. The van der Waals surface area contributed by atoms with E-state index >= 15 is 0 Å². The van der Waals surface area contributed by atoms with Gasteiger partial charge in [0.25, 0.3) is 5.69 Å². The first-order chi connectivity index (χ1) is 9.61. The van der Waals surface area contributed by atoms with Gasteiger partial charge in [0.15, 0.2) is 0 Å². The zero-order valence-electron chi connectivity index (χ0n) is 12.5. The number of nitro groups is 1. The highest BCUT2D eigenvalue weighted by atomic mass is 32.2. The van der Waals surface area contributed by atoms with E-state index in [2.05, 4.69) is 4.72 Å². The number of hydrogen-bond donors (Lipinski definition) is 2. The summed E-state index contributed by atoms with van der Waals surface area (Å²) in [6, 6.07) is 3.65. The van der Waals surface area contributed by atoms with Crippen LogP contribution in [0.1, 0.15) is 32.3 Å². The van der Waals surface area contributed by atoms with Crippen molar-refractivity contribution in [1.82, 2.24) is 4.72 Å². The Morgan fingerprint density at radius 1 is 1.29 bits per heavy atom. The summed E-state index contributed by atoms with van der Waals surface area (Å²) in [5.74, 6) is -0.132. The summed E-state index contributed by atoms with van der Waals surface area (Å²) in [6.07, 6.45) is 0. The van der Waals surface area contributed by atoms with Crippen molar-refractivity contribution in [2.75, 3.05) is 7.05 Å². The Kier molecular flexibility index (Phi) is 5.43. The second-order valence-corrected chi connectivity index (χ2v) is 7.20. The molecule has 0 aliphatic heterocycles. The molecular weight excluding hydrogens is 294 g/mol. The fourth-order valence-electron chi connectivity index (χ4n) is 2.50. The lowest BCUT2D eigenvalue weighted by Crippen LogP contribution is -2.29. The van der Waals surface area contributed by atoms with Crippen LogP contribution in [0.5, 0.6) is 0 Å². The molecule has 0 aliphatic rings. The van der Waals surface area contributed by atoms with Crippen LogP contribution < -0.4 is 10.5 Å². The monoisotopic (exact) mass is 315 g/mol. The predicted octanol–water partition coefficient (Wildman–Crippen LogP) is 1.59. The third kappa shape index (κ3) is 3.78.